The van der Waals surface area contributed by atoms with E-state index >= 15 is 0 Å². The predicted molar refractivity (Wildman–Crippen MR) is 67.7 cm³/mol. The van der Waals surface area contributed by atoms with E-state index in [-0.39, 0.29) is 16.9 Å². The van der Waals surface area contributed by atoms with Gasteiger partial charge < -0.3 is 10.1 Å². The number of ether oxygens (including phenoxy) is 1. The molecular formula is C12H13Cl2NO2. The fourth-order valence-electron chi connectivity index (χ4n) is 1.81. The molecule has 0 aromatic heterocycles. The summed E-state index contributed by atoms with van der Waals surface area (Å²) in [6.07, 6.45) is 1.61. The van der Waals surface area contributed by atoms with E-state index in [2.05, 4.69) is 5.32 Å². The lowest BCUT2D eigenvalue weighted by molar-refractivity contribution is -0.139. The van der Waals surface area contributed by atoms with Gasteiger partial charge in [-0.1, -0.05) is 29.3 Å². The molecule has 1 aromatic rings. The fourth-order valence-corrected chi connectivity index (χ4v) is 2.14. The van der Waals surface area contributed by atoms with Crippen LogP contribution in [0.15, 0.2) is 18.2 Å². The summed E-state index contributed by atoms with van der Waals surface area (Å²) in [4.78, 5) is 11.9. The second kappa shape index (κ2) is 5.71. The average Bonchev–Trinajstić information content (AvgIpc) is 2.36. The standard InChI is InChI=1S/C12H13Cl2NO2/c13-9-2-1-3-10(11(9)14)17-12(16)8-4-6-15-7-5-8/h1-3,8,15H,4-7H2. The van der Waals surface area contributed by atoms with Gasteiger partial charge in [0.1, 0.15) is 5.02 Å². The molecule has 0 amide bonds. The molecule has 17 heavy (non-hydrogen) atoms. The Balaban J connectivity index is 2.04. The number of hydrogen-bond acceptors (Lipinski definition) is 3. The Hall–Kier alpha value is -0.770. The van der Waals surface area contributed by atoms with Crippen molar-refractivity contribution >= 4 is 29.2 Å². The number of hydrogen-bond donors (Lipinski definition) is 1. The van der Waals surface area contributed by atoms with E-state index < -0.39 is 0 Å². The lowest BCUT2D eigenvalue weighted by atomic mass is 9.98. The van der Waals surface area contributed by atoms with Crippen molar-refractivity contribution in [1.82, 2.24) is 5.32 Å². The summed E-state index contributed by atoms with van der Waals surface area (Å²) >= 11 is 11.8. The topological polar surface area (TPSA) is 38.3 Å². The zero-order valence-corrected chi connectivity index (χ0v) is 10.7. The van der Waals surface area contributed by atoms with E-state index in [4.69, 9.17) is 27.9 Å². The molecule has 1 aliphatic rings. The van der Waals surface area contributed by atoms with Crippen molar-refractivity contribution in [3.05, 3.63) is 28.2 Å². The number of rotatable bonds is 2. The van der Waals surface area contributed by atoms with Crippen molar-refractivity contribution in [3.8, 4) is 5.75 Å². The average molecular weight is 274 g/mol. The largest absolute Gasteiger partial charge is 0.425 e. The Morgan fingerprint density at radius 2 is 2.00 bits per heavy atom. The van der Waals surface area contributed by atoms with E-state index in [0.717, 1.165) is 25.9 Å². The molecule has 3 nitrogen and oxygen atoms in total. The van der Waals surface area contributed by atoms with Crippen molar-refractivity contribution in [2.24, 2.45) is 5.92 Å². The molecule has 0 bridgehead atoms. The Labute approximate surface area is 110 Å². The van der Waals surface area contributed by atoms with Gasteiger partial charge >= 0.3 is 5.97 Å². The number of piperidine rings is 1. The molecule has 1 heterocycles. The molecule has 92 valence electrons. The lowest BCUT2D eigenvalue weighted by Crippen LogP contribution is -2.33. The highest BCUT2D eigenvalue weighted by Crippen LogP contribution is 2.32. The Kier molecular flexibility index (Phi) is 4.26. The minimum Gasteiger partial charge on any atom is -0.425 e. The van der Waals surface area contributed by atoms with Gasteiger partial charge in [-0.05, 0) is 38.1 Å². The van der Waals surface area contributed by atoms with E-state index in [1.807, 2.05) is 0 Å². The van der Waals surface area contributed by atoms with Crippen molar-refractivity contribution in [2.45, 2.75) is 12.8 Å². The van der Waals surface area contributed by atoms with Gasteiger partial charge in [0, 0.05) is 0 Å². The molecule has 0 radical (unpaired) electrons. The number of nitrogens with one attached hydrogen (secondary N) is 1. The molecule has 0 aliphatic carbocycles. The maximum absolute atomic E-state index is 11.9. The minimum atomic E-state index is -0.226. The molecule has 1 N–H and O–H groups in total. The second-order valence-electron chi connectivity index (χ2n) is 4.00. The van der Waals surface area contributed by atoms with Gasteiger partial charge in [-0.3, -0.25) is 4.79 Å². The third-order valence-corrected chi connectivity index (χ3v) is 3.60. The molecular weight excluding hydrogens is 261 g/mol. The summed E-state index contributed by atoms with van der Waals surface area (Å²) in [7, 11) is 0. The van der Waals surface area contributed by atoms with Crippen molar-refractivity contribution in [3.63, 3.8) is 0 Å². The van der Waals surface area contributed by atoms with Gasteiger partial charge in [-0.25, -0.2) is 0 Å². The molecule has 0 unspecified atom stereocenters. The van der Waals surface area contributed by atoms with Crippen molar-refractivity contribution in [1.29, 1.82) is 0 Å². The van der Waals surface area contributed by atoms with Gasteiger partial charge in [0.2, 0.25) is 0 Å². The summed E-state index contributed by atoms with van der Waals surface area (Å²) in [6.45, 7) is 1.70. The first-order valence-corrected chi connectivity index (χ1v) is 6.30. The van der Waals surface area contributed by atoms with Crippen LogP contribution < -0.4 is 10.1 Å². The van der Waals surface area contributed by atoms with Crippen LogP contribution in [0.4, 0.5) is 0 Å². The summed E-state index contributed by atoms with van der Waals surface area (Å²) in [5.74, 6) is 0.0599. The van der Waals surface area contributed by atoms with Gasteiger partial charge in [0.25, 0.3) is 0 Å². The van der Waals surface area contributed by atoms with Crippen LogP contribution in [-0.2, 0) is 4.79 Å². The molecule has 1 aliphatic heterocycles. The molecule has 0 spiro atoms. The maximum atomic E-state index is 11.9. The van der Waals surface area contributed by atoms with Crippen LogP contribution in [-0.4, -0.2) is 19.1 Å². The quantitative estimate of drug-likeness (QED) is 0.665. The maximum Gasteiger partial charge on any atom is 0.314 e. The van der Waals surface area contributed by atoms with Crippen LogP contribution in [0, 0.1) is 5.92 Å². The van der Waals surface area contributed by atoms with Crippen LogP contribution in [0.2, 0.25) is 10.0 Å². The van der Waals surface area contributed by atoms with E-state index in [1.165, 1.54) is 0 Å². The highest BCUT2D eigenvalue weighted by atomic mass is 35.5. The van der Waals surface area contributed by atoms with Gasteiger partial charge in [-0.15, -0.1) is 0 Å². The third-order valence-electron chi connectivity index (χ3n) is 2.80. The van der Waals surface area contributed by atoms with Crippen LogP contribution in [0.5, 0.6) is 5.75 Å². The Bertz CT molecular complexity index is 417. The molecule has 5 heteroatoms. The smallest absolute Gasteiger partial charge is 0.314 e. The monoisotopic (exact) mass is 273 g/mol. The summed E-state index contributed by atoms with van der Waals surface area (Å²) in [5.41, 5.74) is 0. The molecule has 1 fully saturated rings. The second-order valence-corrected chi connectivity index (χ2v) is 4.78. The van der Waals surface area contributed by atoms with E-state index in [1.54, 1.807) is 18.2 Å². The van der Waals surface area contributed by atoms with Crippen LogP contribution in [0.25, 0.3) is 0 Å². The van der Waals surface area contributed by atoms with Gasteiger partial charge in [-0.2, -0.15) is 0 Å². The van der Waals surface area contributed by atoms with Crippen molar-refractivity contribution < 1.29 is 9.53 Å². The molecule has 2 rings (SSSR count). The molecule has 1 saturated heterocycles. The van der Waals surface area contributed by atoms with Crippen LogP contribution >= 0.6 is 23.2 Å². The molecule has 1 aromatic carbocycles. The normalized spacial score (nSPS) is 16.8. The highest BCUT2D eigenvalue weighted by Gasteiger charge is 2.23. The lowest BCUT2D eigenvalue weighted by Gasteiger charge is -2.21. The first kappa shape index (κ1) is 12.7. The Morgan fingerprint density at radius 3 is 2.71 bits per heavy atom. The van der Waals surface area contributed by atoms with Crippen LogP contribution in [0.1, 0.15) is 12.8 Å². The molecule has 0 atom stereocenters. The first-order chi connectivity index (χ1) is 8.18. The van der Waals surface area contributed by atoms with E-state index in [0.29, 0.717) is 10.8 Å². The highest BCUT2D eigenvalue weighted by molar-refractivity contribution is 6.43. The fraction of sp³-hybridized carbons (Fsp3) is 0.417. The number of benzene rings is 1. The molecule has 0 saturated carbocycles. The zero-order valence-electron chi connectivity index (χ0n) is 9.21. The number of esters is 1. The van der Waals surface area contributed by atoms with Crippen LogP contribution in [0.3, 0.4) is 0 Å². The summed E-state index contributed by atoms with van der Waals surface area (Å²) < 4.78 is 5.28. The van der Waals surface area contributed by atoms with Crippen molar-refractivity contribution in [2.75, 3.05) is 13.1 Å². The number of carbonyl (C=O) groups excluding carboxylic acids is 1. The Morgan fingerprint density at radius 1 is 1.29 bits per heavy atom. The van der Waals surface area contributed by atoms with Gasteiger partial charge in [0.15, 0.2) is 5.75 Å². The summed E-state index contributed by atoms with van der Waals surface area (Å²) in [5, 5.41) is 3.88. The zero-order chi connectivity index (χ0) is 12.3. The SMILES string of the molecule is O=C(Oc1cccc(Cl)c1Cl)C1CCNCC1. The summed E-state index contributed by atoms with van der Waals surface area (Å²) in [6, 6.07) is 5.01. The number of carbonyl (C=O) groups is 1. The van der Waals surface area contributed by atoms with E-state index in [9.17, 15) is 4.79 Å². The van der Waals surface area contributed by atoms with Gasteiger partial charge in [0.05, 0.1) is 10.9 Å². The number of halogens is 2. The minimum absolute atomic E-state index is 0.0497. The first-order valence-electron chi connectivity index (χ1n) is 5.55. The third kappa shape index (κ3) is 3.12. The predicted octanol–water partition coefficient (Wildman–Crippen LogP) is 2.90.